The van der Waals surface area contributed by atoms with E-state index in [0.29, 0.717) is 6.42 Å². The fourth-order valence-corrected chi connectivity index (χ4v) is 5.81. The Bertz CT molecular complexity index is 663. The van der Waals surface area contributed by atoms with Crippen LogP contribution in [0.1, 0.15) is 101 Å². The van der Waals surface area contributed by atoms with Crippen LogP contribution in [0.3, 0.4) is 0 Å². The standard InChI is InChI=1S/C27H38ClF3/c28-27-25(30)18-24(19-26(27)31)23-15-13-22(14-16-23)12-11-21-9-7-20(8-10-21)6-4-2-1-3-5-17-29/h1,3,18-23H,2,4-17H2/t20-,21-,22-,23-. The summed E-state index contributed by atoms with van der Waals surface area (Å²) in [6.07, 6.45) is 20.9. The Morgan fingerprint density at radius 3 is 1.77 bits per heavy atom. The van der Waals surface area contributed by atoms with Crippen molar-refractivity contribution in [2.24, 2.45) is 17.8 Å². The molecule has 3 rings (SSSR count). The van der Waals surface area contributed by atoms with Crippen molar-refractivity contribution < 1.29 is 13.2 Å². The fourth-order valence-electron chi connectivity index (χ4n) is 5.70. The lowest BCUT2D eigenvalue weighted by Gasteiger charge is -2.32. The third-order valence-corrected chi connectivity index (χ3v) is 8.06. The van der Waals surface area contributed by atoms with Crippen molar-refractivity contribution in [1.29, 1.82) is 0 Å². The minimum atomic E-state index is -0.636. The molecule has 0 saturated heterocycles. The summed E-state index contributed by atoms with van der Waals surface area (Å²) in [6.45, 7) is -0.246. The van der Waals surface area contributed by atoms with E-state index in [1.165, 1.54) is 76.3 Å². The van der Waals surface area contributed by atoms with E-state index >= 15 is 0 Å². The number of halogens is 4. The summed E-state index contributed by atoms with van der Waals surface area (Å²) in [5, 5.41) is -0.391. The van der Waals surface area contributed by atoms with E-state index in [0.717, 1.165) is 42.6 Å². The summed E-state index contributed by atoms with van der Waals surface area (Å²) < 4.78 is 39.6. The Morgan fingerprint density at radius 1 is 0.742 bits per heavy atom. The number of rotatable bonds is 10. The zero-order valence-electron chi connectivity index (χ0n) is 18.7. The molecule has 1 aromatic carbocycles. The molecule has 0 aromatic heterocycles. The molecule has 0 atom stereocenters. The molecule has 31 heavy (non-hydrogen) atoms. The van der Waals surface area contributed by atoms with Gasteiger partial charge in [-0.15, -0.1) is 0 Å². The van der Waals surface area contributed by atoms with Crippen LogP contribution in [-0.4, -0.2) is 6.67 Å². The quantitative estimate of drug-likeness (QED) is 0.187. The Balaban J connectivity index is 1.29. The molecule has 0 radical (unpaired) electrons. The highest BCUT2D eigenvalue weighted by atomic mass is 35.5. The summed E-state index contributed by atoms with van der Waals surface area (Å²) in [5.74, 6) is 1.54. The van der Waals surface area contributed by atoms with Gasteiger partial charge in [0.15, 0.2) is 0 Å². The van der Waals surface area contributed by atoms with Crippen molar-refractivity contribution in [3.05, 3.63) is 46.5 Å². The van der Waals surface area contributed by atoms with E-state index in [9.17, 15) is 13.2 Å². The van der Waals surface area contributed by atoms with Gasteiger partial charge < -0.3 is 0 Å². The van der Waals surface area contributed by atoms with Gasteiger partial charge in [0.05, 0.1) is 6.67 Å². The van der Waals surface area contributed by atoms with Gasteiger partial charge in [-0.3, -0.25) is 4.39 Å². The number of benzene rings is 1. The first kappa shape index (κ1) is 24.7. The molecular weight excluding hydrogens is 417 g/mol. The first-order valence-corrected chi connectivity index (χ1v) is 12.8. The molecule has 4 heteroatoms. The molecule has 0 unspecified atom stereocenters. The van der Waals surface area contributed by atoms with E-state index in [2.05, 4.69) is 6.08 Å². The molecule has 0 nitrogen and oxygen atoms in total. The lowest BCUT2D eigenvalue weighted by atomic mass is 9.74. The van der Waals surface area contributed by atoms with Crippen LogP contribution in [0.2, 0.25) is 5.02 Å². The number of hydrogen-bond donors (Lipinski definition) is 0. The van der Waals surface area contributed by atoms with Gasteiger partial charge in [-0.05, 0) is 86.3 Å². The van der Waals surface area contributed by atoms with Crippen molar-refractivity contribution >= 4 is 11.6 Å². The predicted octanol–water partition coefficient (Wildman–Crippen LogP) is 9.56. The maximum Gasteiger partial charge on any atom is 0.145 e. The van der Waals surface area contributed by atoms with Crippen molar-refractivity contribution in [3.63, 3.8) is 0 Å². The number of allylic oxidation sites excluding steroid dienone is 2. The Hall–Kier alpha value is -0.960. The topological polar surface area (TPSA) is 0 Å². The zero-order chi connectivity index (χ0) is 22.1. The molecule has 0 spiro atoms. The molecule has 174 valence electrons. The molecule has 0 amide bonds. The molecular formula is C27H38ClF3. The van der Waals surface area contributed by atoms with Crippen molar-refractivity contribution in [1.82, 2.24) is 0 Å². The van der Waals surface area contributed by atoms with Crippen LogP contribution in [0, 0.1) is 29.4 Å². The summed E-state index contributed by atoms with van der Waals surface area (Å²) in [5.41, 5.74) is 0.772. The van der Waals surface area contributed by atoms with Gasteiger partial charge in [-0.2, -0.15) is 0 Å². The van der Waals surface area contributed by atoms with E-state index in [1.807, 2.05) is 6.08 Å². The number of alkyl halides is 1. The third-order valence-electron chi connectivity index (χ3n) is 7.70. The first-order chi connectivity index (χ1) is 15.1. The Labute approximate surface area is 191 Å². The van der Waals surface area contributed by atoms with Crippen LogP contribution in [0.4, 0.5) is 13.2 Å². The highest BCUT2D eigenvalue weighted by Crippen LogP contribution is 2.41. The Kier molecular flexibility index (Phi) is 10.3. The van der Waals surface area contributed by atoms with E-state index in [4.69, 9.17) is 11.6 Å². The minimum absolute atomic E-state index is 0.246. The van der Waals surface area contributed by atoms with E-state index in [1.54, 1.807) is 0 Å². The molecule has 2 aliphatic rings. The normalized spacial score (nSPS) is 27.1. The number of hydrogen-bond acceptors (Lipinski definition) is 0. The first-order valence-electron chi connectivity index (χ1n) is 12.4. The summed E-state index contributed by atoms with van der Waals surface area (Å²) in [7, 11) is 0. The average Bonchev–Trinajstić information content (AvgIpc) is 2.79. The predicted molar refractivity (Wildman–Crippen MR) is 124 cm³/mol. The second kappa shape index (κ2) is 12.9. The molecule has 2 fully saturated rings. The molecule has 2 aliphatic carbocycles. The van der Waals surface area contributed by atoms with Gasteiger partial charge in [0, 0.05) is 0 Å². The highest BCUT2D eigenvalue weighted by Gasteiger charge is 2.26. The monoisotopic (exact) mass is 454 g/mol. The maximum absolute atomic E-state index is 13.8. The van der Waals surface area contributed by atoms with Crippen LogP contribution in [0.15, 0.2) is 24.3 Å². The highest BCUT2D eigenvalue weighted by molar-refractivity contribution is 6.30. The van der Waals surface area contributed by atoms with Crippen molar-refractivity contribution in [3.8, 4) is 0 Å². The van der Waals surface area contributed by atoms with Crippen LogP contribution < -0.4 is 0 Å². The van der Waals surface area contributed by atoms with Gasteiger partial charge in [0.1, 0.15) is 16.7 Å². The number of unbranched alkanes of at least 4 members (excludes halogenated alkanes) is 1. The molecule has 0 aliphatic heterocycles. The summed E-state index contributed by atoms with van der Waals surface area (Å²) in [4.78, 5) is 0. The summed E-state index contributed by atoms with van der Waals surface area (Å²) in [6, 6.07) is 2.85. The fraction of sp³-hybridized carbons (Fsp3) is 0.704. The minimum Gasteiger partial charge on any atom is -0.251 e. The Morgan fingerprint density at radius 2 is 1.23 bits per heavy atom. The van der Waals surface area contributed by atoms with E-state index in [-0.39, 0.29) is 12.6 Å². The van der Waals surface area contributed by atoms with Crippen LogP contribution in [0.5, 0.6) is 0 Å². The molecule has 1 aromatic rings. The van der Waals surface area contributed by atoms with Crippen molar-refractivity contribution in [2.45, 2.75) is 95.8 Å². The van der Waals surface area contributed by atoms with E-state index < -0.39 is 16.7 Å². The second-order valence-electron chi connectivity index (χ2n) is 9.86. The maximum atomic E-state index is 13.8. The largest absolute Gasteiger partial charge is 0.251 e. The molecule has 0 bridgehead atoms. The summed E-state index contributed by atoms with van der Waals surface area (Å²) >= 11 is 5.62. The van der Waals surface area contributed by atoms with Crippen LogP contribution in [-0.2, 0) is 0 Å². The lowest BCUT2D eigenvalue weighted by molar-refractivity contribution is 0.223. The average molecular weight is 455 g/mol. The van der Waals surface area contributed by atoms with Gasteiger partial charge in [0.2, 0.25) is 0 Å². The van der Waals surface area contributed by atoms with Gasteiger partial charge >= 0.3 is 0 Å². The molecule has 2 saturated carbocycles. The van der Waals surface area contributed by atoms with Crippen LogP contribution >= 0.6 is 11.6 Å². The van der Waals surface area contributed by atoms with Gasteiger partial charge in [-0.25, -0.2) is 8.78 Å². The third kappa shape index (κ3) is 7.84. The van der Waals surface area contributed by atoms with Gasteiger partial charge in [0.25, 0.3) is 0 Å². The molecule has 0 N–H and O–H groups in total. The lowest BCUT2D eigenvalue weighted by Crippen LogP contribution is -2.18. The smallest absolute Gasteiger partial charge is 0.145 e. The zero-order valence-corrected chi connectivity index (χ0v) is 19.5. The van der Waals surface area contributed by atoms with Gasteiger partial charge in [-0.1, -0.05) is 68.7 Å². The second-order valence-corrected chi connectivity index (χ2v) is 10.2. The molecule has 0 heterocycles. The van der Waals surface area contributed by atoms with Crippen molar-refractivity contribution in [2.75, 3.05) is 6.67 Å². The SMILES string of the molecule is FCCC=CCCC[C@H]1CC[C@H](CC[C@H]2CC[C@H](c3cc(F)c(Cl)c(F)c3)CC2)CC1. The van der Waals surface area contributed by atoms with Crippen LogP contribution in [0.25, 0.3) is 0 Å².